The molecule has 3 rings (SSSR count). The van der Waals surface area contributed by atoms with Crippen molar-refractivity contribution in [3.8, 4) is 0 Å². The lowest BCUT2D eigenvalue weighted by atomic mass is 10.1. The second-order valence-corrected chi connectivity index (χ2v) is 8.62. The van der Waals surface area contributed by atoms with Gasteiger partial charge in [0.1, 0.15) is 0 Å². The number of rotatable bonds is 8. The van der Waals surface area contributed by atoms with E-state index in [-0.39, 0.29) is 24.0 Å². The average Bonchev–Trinajstić information content (AvgIpc) is 3.37. The lowest BCUT2D eigenvalue weighted by molar-refractivity contribution is 0.702. The molecule has 1 heterocycles. The van der Waals surface area contributed by atoms with E-state index in [4.69, 9.17) is 0 Å². The molecule has 1 aromatic carbocycles. The Morgan fingerprint density at radius 1 is 1.18 bits per heavy atom. The first-order valence-electron chi connectivity index (χ1n) is 9.83. The molecule has 0 amide bonds. The standard InChI is InChI=1S/C21H31N5S.HI/c1-5-18-17(19(6-2)26(4)25-18)14-23-20(22-3)24-15-21(12-13-21)27-16-10-8-7-9-11-16;/h7-11H,5-6,12-15H2,1-4H3,(H2,22,23,24);1H. The highest BCUT2D eigenvalue weighted by Gasteiger charge is 2.43. The largest absolute Gasteiger partial charge is 0.355 e. The van der Waals surface area contributed by atoms with Crippen LogP contribution in [0.4, 0.5) is 0 Å². The fourth-order valence-electron chi connectivity index (χ4n) is 3.42. The van der Waals surface area contributed by atoms with E-state index in [0.29, 0.717) is 4.75 Å². The molecule has 2 aromatic rings. The third-order valence-corrected chi connectivity index (χ3v) is 6.64. The molecule has 1 fully saturated rings. The summed E-state index contributed by atoms with van der Waals surface area (Å²) in [6.45, 7) is 6.04. The second-order valence-electron chi connectivity index (χ2n) is 7.08. The van der Waals surface area contributed by atoms with Crippen LogP contribution in [0.25, 0.3) is 0 Å². The number of halogens is 1. The molecule has 0 aliphatic heterocycles. The van der Waals surface area contributed by atoms with Crippen molar-refractivity contribution in [1.29, 1.82) is 0 Å². The molecular weight excluding hydrogens is 481 g/mol. The van der Waals surface area contributed by atoms with Crippen molar-refractivity contribution < 1.29 is 0 Å². The van der Waals surface area contributed by atoms with E-state index in [2.05, 4.69) is 64.9 Å². The maximum Gasteiger partial charge on any atom is 0.191 e. The number of benzene rings is 1. The maximum atomic E-state index is 4.66. The van der Waals surface area contributed by atoms with E-state index in [1.54, 1.807) is 0 Å². The highest BCUT2D eigenvalue weighted by Crippen LogP contribution is 2.51. The molecule has 0 spiro atoms. The topological polar surface area (TPSA) is 54.2 Å². The van der Waals surface area contributed by atoms with Gasteiger partial charge in [0, 0.05) is 48.1 Å². The van der Waals surface area contributed by atoms with E-state index in [9.17, 15) is 0 Å². The number of aliphatic imine (C=N–C) groups is 1. The molecule has 0 bridgehead atoms. The highest BCUT2D eigenvalue weighted by atomic mass is 127. The van der Waals surface area contributed by atoms with Crippen molar-refractivity contribution >= 4 is 41.7 Å². The third kappa shape index (κ3) is 5.65. The molecule has 0 saturated heterocycles. The van der Waals surface area contributed by atoms with Gasteiger partial charge in [-0.05, 0) is 37.8 Å². The van der Waals surface area contributed by atoms with Gasteiger partial charge in [0.25, 0.3) is 0 Å². The molecule has 2 N–H and O–H groups in total. The lowest BCUT2D eigenvalue weighted by Gasteiger charge is -2.18. The number of aryl methyl sites for hydroxylation is 2. The fraction of sp³-hybridized carbons (Fsp3) is 0.524. The lowest BCUT2D eigenvalue weighted by Crippen LogP contribution is -2.41. The molecule has 1 aliphatic rings. The summed E-state index contributed by atoms with van der Waals surface area (Å²) in [5.41, 5.74) is 3.79. The number of nitrogens with zero attached hydrogens (tertiary/aromatic N) is 3. The second kappa shape index (κ2) is 10.5. The number of hydrogen-bond acceptors (Lipinski definition) is 3. The van der Waals surface area contributed by atoms with Crippen LogP contribution in [0.5, 0.6) is 0 Å². The zero-order valence-corrected chi connectivity index (χ0v) is 20.4. The predicted molar refractivity (Wildman–Crippen MR) is 130 cm³/mol. The van der Waals surface area contributed by atoms with Gasteiger partial charge in [0.05, 0.1) is 5.69 Å². The molecule has 5 nitrogen and oxygen atoms in total. The third-order valence-electron chi connectivity index (χ3n) is 5.15. The van der Waals surface area contributed by atoms with Crippen LogP contribution in [-0.4, -0.2) is 34.1 Å². The Hall–Kier alpha value is -1.22. The van der Waals surface area contributed by atoms with Crippen molar-refractivity contribution in [3.63, 3.8) is 0 Å². The molecule has 0 atom stereocenters. The SMILES string of the molecule is CCc1nn(C)c(CC)c1CNC(=NC)NCC1(Sc2ccccc2)CC1.I. The summed E-state index contributed by atoms with van der Waals surface area (Å²) in [6.07, 6.45) is 4.44. The Morgan fingerprint density at radius 3 is 2.46 bits per heavy atom. The molecule has 0 unspecified atom stereocenters. The number of thioether (sulfide) groups is 1. The Kier molecular flexibility index (Phi) is 8.67. The smallest absolute Gasteiger partial charge is 0.191 e. The van der Waals surface area contributed by atoms with Gasteiger partial charge in [-0.25, -0.2) is 0 Å². The van der Waals surface area contributed by atoms with Crippen LogP contribution in [0.1, 0.15) is 43.6 Å². The van der Waals surface area contributed by atoms with Crippen LogP contribution < -0.4 is 10.6 Å². The van der Waals surface area contributed by atoms with Gasteiger partial charge < -0.3 is 10.6 Å². The van der Waals surface area contributed by atoms with Gasteiger partial charge in [-0.2, -0.15) is 5.10 Å². The fourth-order valence-corrected chi connectivity index (χ4v) is 4.67. The molecular formula is C21H32IN5S. The van der Waals surface area contributed by atoms with Gasteiger partial charge in [0.2, 0.25) is 0 Å². The Bertz CT molecular complexity index is 784. The normalized spacial score (nSPS) is 15.1. The average molecular weight is 513 g/mol. The van der Waals surface area contributed by atoms with E-state index in [1.807, 2.05) is 30.5 Å². The minimum Gasteiger partial charge on any atom is -0.355 e. The summed E-state index contributed by atoms with van der Waals surface area (Å²) in [6, 6.07) is 10.7. The Labute approximate surface area is 190 Å². The first kappa shape index (κ1) is 23.1. The van der Waals surface area contributed by atoms with Crippen LogP contribution >= 0.6 is 35.7 Å². The van der Waals surface area contributed by atoms with Crippen molar-refractivity contribution in [1.82, 2.24) is 20.4 Å². The van der Waals surface area contributed by atoms with Crippen molar-refractivity contribution in [2.75, 3.05) is 13.6 Å². The summed E-state index contributed by atoms with van der Waals surface area (Å²) < 4.78 is 2.32. The quantitative estimate of drug-likeness (QED) is 0.317. The van der Waals surface area contributed by atoms with Crippen LogP contribution in [-0.2, 0) is 26.4 Å². The van der Waals surface area contributed by atoms with E-state index >= 15 is 0 Å². The molecule has 1 saturated carbocycles. The number of guanidine groups is 1. The summed E-state index contributed by atoms with van der Waals surface area (Å²) in [7, 11) is 3.87. The van der Waals surface area contributed by atoms with Gasteiger partial charge in [0.15, 0.2) is 5.96 Å². The number of nitrogens with one attached hydrogen (secondary N) is 2. The van der Waals surface area contributed by atoms with Gasteiger partial charge in [-0.3, -0.25) is 9.67 Å². The number of aromatic nitrogens is 2. The van der Waals surface area contributed by atoms with Gasteiger partial charge >= 0.3 is 0 Å². The van der Waals surface area contributed by atoms with E-state index < -0.39 is 0 Å². The molecule has 154 valence electrons. The van der Waals surface area contributed by atoms with Crippen molar-refractivity contribution in [2.24, 2.45) is 12.0 Å². The van der Waals surface area contributed by atoms with Crippen LogP contribution in [0, 0.1) is 0 Å². The minimum absolute atomic E-state index is 0. The zero-order valence-electron chi connectivity index (χ0n) is 17.3. The Balaban J connectivity index is 0.00000280. The maximum absolute atomic E-state index is 4.66. The first-order chi connectivity index (χ1) is 13.1. The molecule has 1 aromatic heterocycles. The summed E-state index contributed by atoms with van der Waals surface area (Å²) in [5.74, 6) is 0.864. The Morgan fingerprint density at radius 2 is 1.89 bits per heavy atom. The highest BCUT2D eigenvalue weighted by molar-refractivity contribution is 14.0. The molecule has 1 aliphatic carbocycles. The van der Waals surface area contributed by atoms with Crippen LogP contribution in [0.2, 0.25) is 0 Å². The zero-order chi connectivity index (χ0) is 19.3. The van der Waals surface area contributed by atoms with Crippen molar-refractivity contribution in [3.05, 3.63) is 47.3 Å². The van der Waals surface area contributed by atoms with Crippen molar-refractivity contribution in [2.45, 2.75) is 55.7 Å². The number of hydrogen-bond donors (Lipinski definition) is 2. The monoisotopic (exact) mass is 513 g/mol. The summed E-state index contributed by atoms with van der Waals surface area (Å²) in [4.78, 5) is 5.76. The summed E-state index contributed by atoms with van der Waals surface area (Å²) in [5, 5.41) is 11.7. The van der Waals surface area contributed by atoms with Gasteiger partial charge in [-0.15, -0.1) is 35.7 Å². The van der Waals surface area contributed by atoms with Crippen LogP contribution in [0.15, 0.2) is 40.2 Å². The first-order valence-corrected chi connectivity index (χ1v) is 10.6. The predicted octanol–water partition coefficient (Wildman–Crippen LogP) is 4.15. The van der Waals surface area contributed by atoms with E-state index in [1.165, 1.54) is 34.7 Å². The van der Waals surface area contributed by atoms with Crippen LogP contribution in [0.3, 0.4) is 0 Å². The summed E-state index contributed by atoms with van der Waals surface area (Å²) >= 11 is 1.98. The minimum atomic E-state index is 0. The molecule has 28 heavy (non-hydrogen) atoms. The van der Waals surface area contributed by atoms with E-state index in [0.717, 1.165) is 31.9 Å². The van der Waals surface area contributed by atoms with Gasteiger partial charge in [-0.1, -0.05) is 32.0 Å². The molecule has 0 radical (unpaired) electrons. The molecule has 7 heteroatoms.